The van der Waals surface area contributed by atoms with Crippen molar-refractivity contribution in [3.63, 3.8) is 0 Å². The third kappa shape index (κ3) is 4.83. The fourth-order valence-corrected chi connectivity index (χ4v) is 3.54. The number of furan rings is 1. The molecule has 1 saturated heterocycles. The molecule has 0 unspecified atom stereocenters. The molecular weight excluding hydrogens is 330 g/mol. The minimum atomic E-state index is 0.216. The van der Waals surface area contributed by atoms with E-state index >= 15 is 0 Å². The lowest BCUT2D eigenvalue weighted by molar-refractivity contribution is 0.146. The predicted molar refractivity (Wildman–Crippen MR) is 107 cm³/mol. The first-order chi connectivity index (χ1) is 12.1. The fraction of sp³-hybridized carbons (Fsp3) is 0.450. The number of piperidine rings is 1. The average molecular weight is 358 g/mol. The summed E-state index contributed by atoms with van der Waals surface area (Å²) in [6, 6.07) is 10.6. The largest absolute Gasteiger partial charge is 0.468 e. The number of nitrogens with zero attached hydrogens (tertiary/aromatic N) is 1. The lowest BCUT2D eigenvalue weighted by atomic mass is 10.1. The molecule has 25 heavy (non-hydrogen) atoms. The third-order valence-electron chi connectivity index (χ3n) is 4.80. The second-order valence-electron chi connectivity index (χ2n) is 6.78. The molecule has 0 saturated carbocycles. The zero-order chi connectivity index (χ0) is 17.6. The fourth-order valence-electron chi connectivity index (χ4n) is 3.35. The maximum atomic E-state index is 5.69. The molecular formula is C20H27N3OS. The SMILES string of the molecule is Cc1ccc(C)c(NC(=S)NC[C@H](c2ccco2)N2CCCCC2)c1. The van der Waals surface area contributed by atoms with Crippen molar-refractivity contribution < 1.29 is 4.42 Å². The second kappa shape index (κ2) is 8.50. The van der Waals surface area contributed by atoms with Crippen molar-refractivity contribution in [1.29, 1.82) is 0 Å². The van der Waals surface area contributed by atoms with E-state index < -0.39 is 0 Å². The van der Waals surface area contributed by atoms with Crippen LogP contribution in [0.5, 0.6) is 0 Å². The van der Waals surface area contributed by atoms with Crippen LogP contribution in [0.2, 0.25) is 0 Å². The van der Waals surface area contributed by atoms with E-state index in [1.165, 1.54) is 30.4 Å². The van der Waals surface area contributed by atoms with E-state index in [1.54, 1.807) is 6.26 Å². The van der Waals surface area contributed by atoms with Gasteiger partial charge in [0, 0.05) is 12.2 Å². The van der Waals surface area contributed by atoms with Gasteiger partial charge in [0.05, 0.1) is 12.3 Å². The van der Waals surface area contributed by atoms with Gasteiger partial charge in [-0.1, -0.05) is 18.6 Å². The lowest BCUT2D eigenvalue weighted by Crippen LogP contribution is -2.41. The summed E-state index contributed by atoms with van der Waals surface area (Å²) in [5.74, 6) is 1.00. The van der Waals surface area contributed by atoms with Gasteiger partial charge in [0.1, 0.15) is 5.76 Å². The van der Waals surface area contributed by atoms with Crippen molar-refractivity contribution in [1.82, 2.24) is 10.2 Å². The summed E-state index contributed by atoms with van der Waals surface area (Å²) >= 11 is 5.52. The van der Waals surface area contributed by atoms with Gasteiger partial charge in [-0.15, -0.1) is 0 Å². The molecule has 1 aromatic heterocycles. The summed E-state index contributed by atoms with van der Waals surface area (Å²) in [6.45, 7) is 7.15. The number of benzene rings is 1. The average Bonchev–Trinajstić information content (AvgIpc) is 3.14. The Kier molecular flexibility index (Phi) is 6.10. The highest BCUT2D eigenvalue weighted by Gasteiger charge is 2.24. The van der Waals surface area contributed by atoms with E-state index in [4.69, 9.17) is 16.6 Å². The lowest BCUT2D eigenvalue weighted by Gasteiger charge is -2.33. The number of nitrogens with one attached hydrogen (secondary N) is 2. The van der Waals surface area contributed by atoms with Crippen LogP contribution in [0.15, 0.2) is 41.0 Å². The molecule has 1 fully saturated rings. The highest BCUT2D eigenvalue weighted by molar-refractivity contribution is 7.80. The number of likely N-dealkylation sites (tertiary alicyclic amines) is 1. The first kappa shape index (κ1) is 18.0. The van der Waals surface area contributed by atoms with Gasteiger partial charge in [-0.05, 0) is 81.3 Å². The number of thiocarbonyl (C=S) groups is 1. The molecule has 4 nitrogen and oxygen atoms in total. The molecule has 0 aliphatic carbocycles. The quantitative estimate of drug-likeness (QED) is 0.776. The van der Waals surface area contributed by atoms with Crippen molar-refractivity contribution in [2.75, 3.05) is 25.0 Å². The Balaban J connectivity index is 1.62. The van der Waals surface area contributed by atoms with E-state index in [9.17, 15) is 0 Å². The first-order valence-corrected chi connectivity index (χ1v) is 9.44. The van der Waals surface area contributed by atoms with E-state index in [-0.39, 0.29) is 6.04 Å². The molecule has 1 aliphatic rings. The van der Waals surface area contributed by atoms with Gasteiger partial charge in [-0.3, -0.25) is 4.90 Å². The van der Waals surface area contributed by atoms with Crippen LogP contribution in [0.1, 0.15) is 42.2 Å². The normalized spacial score (nSPS) is 16.4. The Morgan fingerprint density at radius 1 is 1.20 bits per heavy atom. The van der Waals surface area contributed by atoms with Gasteiger partial charge in [-0.2, -0.15) is 0 Å². The molecule has 3 rings (SSSR count). The van der Waals surface area contributed by atoms with Crippen LogP contribution >= 0.6 is 12.2 Å². The van der Waals surface area contributed by atoms with Gasteiger partial charge < -0.3 is 15.1 Å². The van der Waals surface area contributed by atoms with Crippen LogP contribution in [0.4, 0.5) is 5.69 Å². The number of hydrogen-bond donors (Lipinski definition) is 2. The highest BCUT2D eigenvalue weighted by atomic mass is 32.1. The molecule has 134 valence electrons. The highest BCUT2D eigenvalue weighted by Crippen LogP contribution is 2.24. The van der Waals surface area contributed by atoms with Gasteiger partial charge in [0.25, 0.3) is 0 Å². The van der Waals surface area contributed by atoms with Gasteiger partial charge in [-0.25, -0.2) is 0 Å². The topological polar surface area (TPSA) is 40.4 Å². The molecule has 2 aromatic rings. The molecule has 2 heterocycles. The maximum Gasteiger partial charge on any atom is 0.170 e. The standard InChI is InChI=1S/C20H27N3OS/c1-15-8-9-16(2)17(13-15)22-20(25)21-14-18(19-7-6-12-24-19)23-10-4-3-5-11-23/h6-9,12-13,18H,3-5,10-11,14H2,1-2H3,(H2,21,22,25)/t18-/m1/s1. The van der Waals surface area contributed by atoms with E-state index in [1.807, 2.05) is 6.07 Å². The number of aryl methyl sites for hydroxylation is 2. The first-order valence-electron chi connectivity index (χ1n) is 9.03. The summed E-state index contributed by atoms with van der Waals surface area (Å²) in [7, 11) is 0. The summed E-state index contributed by atoms with van der Waals surface area (Å²) in [5, 5.41) is 7.36. The number of anilines is 1. The molecule has 0 bridgehead atoms. The molecule has 1 aromatic carbocycles. The van der Waals surface area contributed by atoms with E-state index in [0.29, 0.717) is 5.11 Å². The third-order valence-corrected chi connectivity index (χ3v) is 5.05. The van der Waals surface area contributed by atoms with Crippen molar-refractivity contribution in [3.05, 3.63) is 53.5 Å². The molecule has 5 heteroatoms. The number of hydrogen-bond acceptors (Lipinski definition) is 3. The van der Waals surface area contributed by atoms with Crippen molar-refractivity contribution in [2.24, 2.45) is 0 Å². The van der Waals surface area contributed by atoms with E-state index in [0.717, 1.165) is 31.1 Å². The van der Waals surface area contributed by atoms with Gasteiger partial charge in [0.2, 0.25) is 0 Å². The Bertz CT molecular complexity index is 693. The monoisotopic (exact) mass is 357 g/mol. The molecule has 0 radical (unpaired) electrons. The van der Waals surface area contributed by atoms with Crippen molar-refractivity contribution >= 4 is 23.0 Å². The summed E-state index contributed by atoms with van der Waals surface area (Å²) in [5.41, 5.74) is 3.47. The Morgan fingerprint density at radius 2 is 2.00 bits per heavy atom. The molecule has 0 amide bonds. The molecule has 0 spiro atoms. The Morgan fingerprint density at radius 3 is 2.72 bits per heavy atom. The zero-order valence-corrected chi connectivity index (χ0v) is 15.9. The van der Waals surface area contributed by atoms with Crippen LogP contribution in [0.3, 0.4) is 0 Å². The van der Waals surface area contributed by atoms with Gasteiger partial charge in [0.15, 0.2) is 5.11 Å². The maximum absolute atomic E-state index is 5.69. The predicted octanol–water partition coefficient (Wildman–Crippen LogP) is 4.41. The zero-order valence-electron chi connectivity index (χ0n) is 15.0. The summed E-state index contributed by atoms with van der Waals surface area (Å²) in [6.07, 6.45) is 5.57. The summed E-state index contributed by atoms with van der Waals surface area (Å²) in [4.78, 5) is 2.50. The van der Waals surface area contributed by atoms with Crippen LogP contribution in [-0.4, -0.2) is 29.6 Å². The van der Waals surface area contributed by atoms with Crippen molar-refractivity contribution in [2.45, 2.75) is 39.2 Å². The Hall–Kier alpha value is -1.85. The van der Waals surface area contributed by atoms with Crippen LogP contribution in [0, 0.1) is 13.8 Å². The van der Waals surface area contributed by atoms with Gasteiger partial charge >= 0.3 is 0 Å². The minimum Gasteiger partial charge on any atom is -0.468 e. The second-order valence-corrected chi connectivity index (χ2v) is 7.19. The summed E-state index contributed by atoms with van der Waals surface area (Å²) < 4.78 is 5.69. The van der Waals surface area contributed by atoms with E-state index in [2.05, 4.69) is 53.6 Å². The molecule has 1 atom stereocenters. The molecule has 2 N–H and O–H groups in total. The van der Waals surface area contributed by atoms with Crippen LogP contribution in [-0.2, 0) is 0 Å². The van der Waals surface area contributed by atoms with Crippen LogP contribution < -0.4 is 10.6 Å². The number of rotatable bonds is 5. The Labute approximate surface area is 155 Å². The smallest absolute Gasteiger partial charge is 0.170 e. The minimum absolute atomic E-state index is 0.216. The van der Waals surface area contributed by atoms with Crippen molar-refractivity contribution in [3.8, 4) is 0 Å². The molecule has 1 aliphatic heterocycles. The van der Waals surface area contributed by atoms with Crippen LogP contribution in [0.25, 0.3) is 0 Å².